The Kier molecular flexibility index (Phi) is 5.34. The van der Waals surface area contributed by atoms with Crippen molar-refractivity contribution in [2.75, 3.05) is 10.0 Å². The van der Waals surface area contributed by atoms with Crippen LogP contribution in [0, 0.1) is 6.92 Å². The summed E-state index contributed by atoms with van der Waals surface area (Å²) in [5.74, 6) is -2.88. The minimum absolute atomic E-state index is 0.160. The summed E-state index contributed by atoms with van der Waals surface area (Å²) in [4.78, 5) is 24.0. The number of cyclic esters (lactones) is 2. The highest BCUT2D eigenvalue weighted by atomic mass is 32.2. The Morgan fingerprint density at radius 1 is 0.862 bits per heavy atom. The van der Waals surface area contributed by atoms with Crippen LogP contribution in [0.4, 0.5) is 11.4 Å². The van der Waals surface area contributed by atoms with E-state index in [9.17, 15) is 18.0 Å². The summed E-state index contributed by atoms with van der Waals surface area (Å²) in [6.07, 6.45) is 1.19. The number of carbonyl (C=O) groups excluding carboxylic acids is 2. The molecule has 3 rings (SSSR count). The van der Waals surface area contributed by atoms with Gasteiger partial charge in [-0.1, -0.05) is 17.7 Å². The van der Waals surface area contributed by atoms with Gasteiger partial charge in [0, 0.05) is 31.4 Å². The van der Waals surface area contributed by atoms with E-state index < -0.39 is 27.7 Å². The van der Waals surface area contributed by atoms with E-state index >= 15 is 0 Å². The molecule has 152 valence electrons. The van der Waals surface area contributed by atoms with Gasteiger partial charge in [-0.2, -0.15) is 0 Å². The first-order valence-corrected chi connectivity index (χ1v) is 10.2. The van der Waals surface area contributed by atoms with Crippen molar-refractivity contribution in [1.29, 1.82) is 0 Å². The summed E-state index contributed by atoms with van der Waals surface area (Å²) < 4.78 is 37.3. The summed E-state index contributed by atoms with van der Waals surface area (Å²) in [7, 11) is -3.70. The smallest absolute Gasteiger partial charge is 0.350 e. The molecule has 0 spiro atoms. The molecule has 0 amide bonds. The lowest BCUT2D eigenvalue weighted by Crippen LogP contribution is -2.42. The molecule has 29 heavy (non-hydrogen) atoms. The van der Waals surface area contributed by atoms with Crippen LogP contribution < -0.4 is 10.0 Å². The number of nitrogens with one attached hydrogen (secondary N) is 2. The molecule has 0 atom stereocenters. The summed E-state index contributed by atoms with van der Waals surface area (Å²) in [5, 5.41) is 2.79. The average molecular weight is 416 g/mol. The fourth-order valence-corrected chi connectivity index (χ4v) is 3.56. The van der Waals surface area contributed by atoms with Crippen LogP contribution in [0.5, 0.6) is 0 Å². The van der Waals surface area contributed by atoms with Crippen LogP contribution in [-0.2, 0) is 29.1 Å². The van der Waals surface area contributed by atoms with Gasteiger partial charge in [-0.05, 0) is 43.3 Å². The quantitative estimate of drug-likeness (QED) is 0.438. The Balaban J connectivity index is 1.68. The number of benzene rings is 2. The number of anilines is 2. The van der Waals surface area contributed by atoms with Crippen molar-refractivity contribution in [1.82, 2.24) is 0 Å². The summed E-state index contributed by atoms with van der Waals surface area (Å²) in [6.45, 7) is 4.80. The lowest BCUT2D eigenvalue weighted by molar-refractivity contribution is -0.222. The minimum Gasteiger partial charge on any atom is -0.419 e. The van der Waals surface area contributed by atoms with Crippen molar-refractivity contribution in [3.05, 3.63) is 65.9 Å². The average Bonchev–Trinajstić information content (AvgIpc) is 2.61. The van der Waals surface area contributed by atoms with Gasteiger partial charge in [0.25, 0.3) is 15.8 Å². The first-order chi connectivity index (χ1) is 13.6. The molecule has 1 saturated heterocycles. The highest BCUT2D eigenvalue weighted by Gasteiger charge is 2.38. The molecule has 1 aliphatic heterocycles. The number of ether oxygens (including phenoxy) is 2. The molecule has 0 unspecified atom stereocenters. The first-order valence-electron chi connectivity index (χ1n) is 8.69. The van der Waals surface area contributed by atoms with E-state index in [-0.39, 0.29) is 10.5 Å². The van der Waals surface area contributed by atoms with Gasteiger partial charge in [-0.25, -0.2) is 18.0 Å². The molecule has 1 aliphatic rings. The van der Waals surface area contributed by atoms with Crippen LogP contribution in [0.25, 0.3) is 0 Å². The number of sulfonamides is 1. The Morgan fingerprint density at radius 3 is 1.93 bits per heavy atom. The normalized spacial score (nSPS) is 15.9. The van der Waals surface area contributed by atoms with Crippen LogP contribution in [0.15, 0.2) is 65.2 Å². The van der Waals surface area contributed by atoms with Gasteiger partial charge in [-0.15, -0.1) is 0 Å². The second-order valence-electron chi connectivity index (χ2n) is 6.88. The summed E-state index contributed by atoms with van der Waals surface area (Å²) in [6, 6.07) is 12.8. The second-order valence-corrected chi connectivity index (χ2v) is 8.56. The van der Waals surface area contributed by atoms with Gasteiger partial charge in [0.15, 0.2) is 5.57 Å². The van der Waals surface area contributed by atoms with E-state index in [1.54, 1.807) is 36.4 Å². The molecule has 9 heteroatoms. The topological polar surface area (TPSA) is 111 Å². The highest BCUT2D eigenvalue weighted by molar-refractivity contribution is 7.92. The SMILES string of the molecule is Cc1ccc(S(=O)(=O)Nc2ccc(NC=C3C(=O)OC(C)(C)OC3=O)cc2)cc1. The zero-order valence-corrected chi connectivity index (χ0v) is 16.9. The molecule has 0 radical (unpaired) electrons. The van der Waals surface area contributed by atoms with Crippen molar-refractivity contribution in [2.24, 2.45) is 0 Å². The van der Waals surface area contributed by atoms with Crippen molar-refractivity contribution >= 4 is 33.3 Å². The molecule has 2 aromatic carbocycles. The third-order valence-corrected chi connectivity index (χ3v) is 5.37. The molecular formula is C20H20N2O6S. The molecule has 2 aromatic rings. The van der Waals surface area contributed by atoms with E-state index in [1.165, 1.54) is 32.2 Å². The molecule has 0 aromatic heterocycles. The van der Waals surface area contributed by atoms with E-state index in [0.717, 1.165) is 5.56 Å². The number of rotatable bonds is 5. The summed E-state index contributed by atoms with van der Waals surface area (Å²) >= 11 is 0. The highest BCUT2D eigenvalue weighted by Crippen LogP contribution is 2.23. The van der Waals surface area contributed by atoms with Crippen molar-refractivity contribution in [3.63, 3.8) is 0 Å². The fourth-order valence-electron chi connectivity index (χ4n) is 2.50. The van der Waals surface area contributed by atoms with Crippen LogP contribution in [0.2, 0.25) is 0 Å². The predicted octanol–water partition coefficient (Wildman–Crippen LogP) is 2.93. The predicted molar refractivity (Wildman–Crippen MR) is 106 cm³/mol. The third-order valence-electron chi connectivity index (χ3n) is 3.97. The number of esters is 2. The molecule has 0 aliphatic carbocycles. The van der Waals surface area contributed by atoms with Gasteiger partial charge < -0.3 is 14.8 Å². The molecule has 1 heterocycles. The Morgan fingerprint density at radius 2 is 1.38 bits per heavy atom. The monoisotopic (exact) mass is 416 g/mol. The molecular weight excluding hydrogens is 396 g/mol. The fraction of sp³-hybridized carbons (Fsp3) is 0.200. The Hall–Kier alpha value is -3.33. The summed E-state index contributed by atoms with van der Waals surface area (Å²) in [5.41, 5.74) is 1.58. The zero-order chi connectivity index (χ0) is 21.2. The van der Waals surface area contributed by atoms with E-state index in [2.05, 4.69) is 10.0 Å². The van der Waals surface area contributed by atoms with Crippen molar-refractivity contribution in [2.45, 2.75) is 31.5 Å². The van der Waals surface area contributed by atoms with Crippen molar-refractivity contribution < 1.29 is 27.5 Å². The maximum absolute atomic E-state index is 12.4. The minimum atomic E-state index is -3.70. The lowest BCUT2D eigenvalue weighted by atomic mass is 10.2. The number of carbonyl (C=O) groups is 2. The van der Waals surface area contributed by atoms with Gasteiger partial charge in [0.1, 0.15) is 0 Å². The number of hydrogen-bond donors (Lipinski definition) is 2. The van der Waals surface area contributed by atoms with Gasteiger partial charge in [-0.3, -0.25) is 4.72 Å². The number of aryl methyl sites for hydroxylation is 1. The third kappa shape index (κ3) is 4.94. The maximum Gasteiger partial charge on any atom is 0.350 e. The van der Waals surface area contributed by atoms with Crippen LogP contribution in [0.3, 0.4) is 0 Å². The van der Waals surface area contributed by atoms with Crippen molar-refractivity contribution in [3.8, 4) is 0 Å². The Labute approximate surface area is 168 Å². The largest absolute Gasteiger partial charge is 0.419 e. The lowest BCUT2D eigenvalue weighted by Gasteiger charge is -2.29. The van der Waals surface area contributed by atoms with Crippen LogP contribution in [0.1, 0.15) is 19.4 Å². The molecule has 0 saturated carbocycles. The standard InChI is InChI=1S/C20H20N2O6S/c1-13-4-10-16(11-5-13)29(25,26)22-15-8-6-14(7-9-15)21-12-17-18(23)27-20(2,3)28-19(17)24/h4-12,21-22H,1-3H3. The van der Waals surface area contributed by atoms with E-state index in [1.807, 2.05) is 6.92 Å². The Bertz CT molecular complexity index is 1050. The molecule has 1 fully saturated rings. The van der Waals surface area contributed by atoms with Crippen LogP contribution in [-0.4, -0.2) is 26.1 Å². The molecule has 8 nitrogen and oxygen atoms in total. The van der Waals surface area contributed by atoms with Crippen LogP contribution >= 0.6 is 0 Å². The maximum atomic E-state index is 12.4. The van der Waals surface area contributed by atoms with Gasteiger partial charge >= 0.3 is 11.9 Å². The first kappa shape index (κ1) is 20.4. The molecule has 2 N–H and O–H groups in total. The molecule has 0 bridgehead atoms. The zero-order valence-electron chi connectivity index (χ0n) is 16.1. The second kappa shape index (κ2) is 7.59. The van der Waals surface area contributed by atoms with E-state index in [0.29, 0.717) is 11.4 Å². The van der Waals surface area contributed by atoms with E-state index in [4.69, 9.17) is 9.47 Å². The number of hydrogen-bond acceptors (Lipinski definition) is 7. The van der Waals surface area contributed by atoms with Gasteiger partial charge in [0.2, 0.25) is 0 Å². The van der Waals surface area contributed by atoms with Gasteiger partial charge in [0.05, 0.1) is 4.90 Å².